The molecule has 1 N–H and O–H groups in total. The number of hydrogen-bond acceptors (Lipinski definition) is 3. The Morgan fingerprint density at radius 3 is 2.44 bits per heavy atom. The van der Waals surface area contributed by atoms with Crippen LogP contribution < -0.4 is 5.32 Å². The smallest absolute Gasteiger partial charge is 0.215 e. The zero-order valence-electron chi connectivity index (χ0n) is 10.6. The van der Waals surface area contributed by atoms with Crippen LogP contribution in [0, 0.1) is 0 Å². The van der Waals surface area contributed by atoms with Gasteiger partial charge in [-0.25, -0.2) is 8.42 Å². The third kappa shape index (κ3) is 4.39. The molecule has 1 aliphatic carbocycles. The lowest BCUT2D eigenvalue weighted by Crippen LogP contribution is -2.39. The van der Waals surface area contributed by atoms with Gasteiger partial charge in [-0.05, 0) is 19.3 Å². The molecule has 0 amide bonds. The largest absolute Gasteiger partial charge is 0.313 e. The van der Waals surface area contributed by atoms with Crippen LogP contribution >= 0.6 is 0 Å². The molecule has 16 heavy (non-hydrogen) atoms. The Morgan fingerprint density at radius 2 is 2.00 bits per heavy atom. The normalized spacial score (nSPS) is 17.3. The van der Waals surface area contributed by atoms with E-state index in [9.17, 15) is 8.42 Å². The summed E-state index contributed by atoms with van der Waals surface area (Å²) >= 11 is 0. The van der Waals surface area contributed by atoms with Crippen molar-refractivity contribution < 1.29 is 8.42 Å². The molecule has 0 unspecified atom stereocenters. The molecule has 1 saturated carbocycles. The summed E-state index contributed by atoms with van der Waals surface area (Å²) in [5.41, 5.74) is 0. The van der Waals surface area contributed by atoms with Crippen LogP contribution in [0.2, 0.25) is 0 Å². The zero-order chi connectivity index (χ0) is 12.2. The van der Waals surface area contributed by atoms with Crippen molar-refractivity contribution in [1.29, 1.82) is 0 Å². The third-order valence-corrected chi connectivity index (χ3v) is 4.58. The van der Waals surface area contributed by atoms with Crippen LogP contribution in [0.5, 0.6) is 0 Å². The van der Waals surface area contributed by atoms with Gasteiger partial charge in [0.05, 0.1) is 5.75 Å². The molecule has 0 spiro atoms. The van der Waals surface area contributed by atoms with Crippen molar-refractivity contribution in [1.82, 2.24) is 9.62 Å². The van der Waals surface area contributed by atoms with Gasteiger partial charge in [-0.15, -0.1) is 0 Å². The van der Waals surface area contributed by atoms with Gasteiger partial charge >= 0.3 is 0 Å². The summed E-state index contributed by atoms with van der Waals surface area (Å²) in [7, 11) is -3.05. The molecular formula is C11H24N2O2S. The SMILES string of the molecule is CCCN(C1CC1)S(=O)(=O)CCNC(C)C. The number of rotatable bonds is 8. The average molecular weight is 248 g/mol. The summed E-state index contributed by atoms with van der Waals surface area (Å²) in [5.74, 6) is 0.224. The molecule has 0 aromatic carbocycles. The van der Waals surface area contributed by atoms with Gasteiger partial charge < -0.3 is 5.32 Å². The standard InChI is InChI=1S/C11H24N2O2S/c1-4-8-13(11-5-6-11)16(14,15)9-7-12-10(2)3/h10-12H,4-9H2,1-3H3. The number of hydrogen-bond donors (Lipinski definition) is 1. The second kappa shape index (κ2) is 5.98. The van der Waals surface area contributed by atoms with Crippen LogP contribution in [0.15, 0.2) is 0 Å². The minimum atomic E-state index is -3.05. The van der Waals surface area contributed by atoms with Crippen LogP contribution in [0.25, 0.3) is 0 Å². The van der Waals surface area contributed by atoms with Crippen molar-refractivity contribution >= 4 is 10.0 Å². The summed E-state index contributed by atoms with van der Waals surface area (Å²) in [6.07, 6.45) is 2.97. The lowest BCUT2D eigenvalue weighted by Gasteiger charge is -2.21. The maximum absolute atomic E-state index is 12.1. The Kier molecular flexibility index (Phi) is 5.21. The molecule has 4 nitrogen and oxygen atoms in total. The Morgan fingerprint density at radius 1 is 1.38 bits per heavy atom. The molecule has 0 heterocycles. The monoisotopic (exact) mass is 248 g/mol. The van der Waals surface area contributed by atoms with Crippen LogP contribution in [0.1, 0.15) is 40.0 Å². The highest BCUT2D eigenvalue weighted by Gasteiger charge is 2.35. The maximum atomic E-state index is 12.1. The van der Waals surface area contributed by atoms with Gasteiger partial charge in [0.1, 0.15) is 0 Å². The van der Waals surface area contributed by atoms with E-state index in [0.717, 1.165) is 19.3 Å². The van der Waals surface area contributed by atoms with Crippen molar-refractivity contribution in [3.05, 3.63) is 0 Å². The summed E-state index contributed by atoms with van der Waals surface area (Å²) in [5, 5.41) is 3.15. The van der Waals surface area contributed by atoms with E-state index in [0.29, 0.717) is 25.2 Å². The van der Waals surface area contributed by atoms with E-state index in [1.165, 1.54) is 0 Å². The first-order valence-electron chi connectivity index (χ1n) is 6.20. The Labute approximate surface area is 99.5 Å². The molecule has 0 aliphatic heterocycles. The average Bonchev–Trinajstić information content (AvgIpc) is 2.96. The first-order valence-corrected chi connectivity index (χ1v) is 7.81. The van der Waals surface area contributed by atoms with Crippen molar-refractivity contribution in [2.24, 2.45) is 0 Å². The van der Waals surface area contributed by atoms with E-state index in [1.807, 2.05) is 20.8 Å². The molecule has 1 aliphatic rings. The first kappa shape index (κ1) is 13.9. The highest BCUT2D eigenvalue weighted by Crippen LogP contribution is 2.29. The molecule has 0 saturated heterocycles. The molecule has 0 atom stereocenters. The second-order valence-corrected chi connectivity index (χ2v) is 6.81. The van der Waals surface area contributed by atoms with E-state index >= 15 is 0 Å². The summed E-state index contributed by atoms with van der Waals surface area (Å²) in [6, 6.07) is 0.639. The minimum Gasteiger partial charge on any atom is -0.313 e. The van der Waals surface area contributed by atoms with Gasteiger partial charge in [0.15, 0.2) is 0 Å². The van der Waals surface area contributed by atoms with Gasteiger partial charge in [-0.2, -0.15) is 4.31 Å². The lowest BCUT2D eigenvalue weighted by molar-refractivity contribution is 0.402. The van der Waals surface area contributed by atoms with Crippen LogP contribution in [0.4, 0.5) is 0 Å². The maximum Gasteiger partial charge on any atom is 0.215 e. The number of nitrogens with one attached hydrogen (secondary N) is 1. The highest BCUT2D eigenvalue weighted by molar-refractivity contribution is 7.89. The molecule has 5 heteroatoms. The molecule has 0 aromatic heterocycles. The molecular weight excluding hydrogens is 224 g/mol. The second-order valence-electron chi connectivity index (χ2n) is 4.77. The van der Waals surface area contributed by atoms with E-state index in [2.05, 4.69) is 5.32 Å². The predicted octanol–water partition coefficient (Wildman–Crippen LogP) is 1.19. The van der Waals surface area contributed by atoms with Gasteiger partial charge in [0.2, 0.25) is 10.0 Å². The van der Waals surface area contributed by atoms with Gasteiger partial charge in [-0.3, -0.25) is 0 Å². The molecule has 0 bridgehead atoms. The summed E-state index contributed by atoms with van der Waals surface area (Å²) in [6.45, 7) is 7.30. The minimum absolute atomic E-state index is 0.224. The zero-order valence-corrected chi connectivity index (χ0v) is 11.4. The first-order chi connectivity index (χ1) is 7.47. The van der Waals surface area contributed by atoms with Crippen LogP contribution in [-0.2, 0) is 10.0 Å². The molecule has 0 aromatic rings. The van der Waals surface area contributed by atoms with Gasteiger partial charge in [-0.1, -0.05) is 20.8 Å². The molecule has 1 rings (SSSR count). The molecule has 96 valence electrons. The predicted molar refractivity (Wildman–Crippen MR) is 66.9 cm³/mol. The van der Waals surface area contributed by atoms with E-state index in [1.54, 1.807) is 4.31 Å². The quantitative estimate of drug-likeness (QED) is 0.702. The van der Waals surface area contributed by atoms with E-state index in [4.69, 9.17) is 0 Å². The molecule has 0 radical (unpaired) electrons. The fraction of sp³-hybridized carbons (Fsp3) is 1.00. The lowest BCUT2D eigenvalue weighted by atomic mass is 10.4. The molecule has 1 fully saturated rings. The summed E-state index contributed by atoms with van der Waals surface area (Å²) < 4.78 is 25.8. The number of sulfonamides is 1. The fourth-order valence-corrected chi connectivity index (χ4v) is 3.46. The topological polar surface area (TPSA) is 49.4 Å². The van der Waals surface area contributed by atoms with Crippen LogP contribution in [-0.4, -0.2) is 43.6 Å². The van der Waals surface area contributed by atoms with Crippen molar-refractivity contribution in [2.45, 2.75) is 52.1 Å². The van der Waals surface area contributed by atoms with Gasteiger partial charge in [0.25, 0.3) is 0 Å². The fourth-order valence-electron chi connectivity index (χ4n) is 1.73. The van der Waals surface area contributed by atoms with E-state index in [-0.39, 0.29) is 5.75 Å². The Hall–Kier alpha value is -0.130. The van der Waals surface area contributed by atoms with Crippen molar-refractivity contribution in [3.8, 4) is 0 Å². The number of nitrogens with zero attached hydrogens (tertiary/aromatic N) is 1. The Bertz CT molecular complexity index is 297. The third-order valence-electron chi connectivity index (χ3n) is 2.67. The van der Waals surface area contributed by atoms with Gasteiger partial charge in [0, 0.05) is 25.2 Å². The Balaban J connectivity index is 2.46. The van der Waals surface area contributed by atoms with Crippen molar-refractivity contribution in [2.75, 3.05) is 18.8 Å². The van der Waals surface area contributed by atoms with Crippen LogP contribution in [0.3, 0.4) is 0 Å². The van der Waals surface area contributed by atoms with E-state index < -0.39 is 10.0 Å². The highest BCUT2D eigenvalue weighted by atomic mass is 32.2. The summed E-state index contributed by atoms with van der Waals surface area (Å²) in [4.78, 5) is 0. The van der Waals surface area contributed by atoms with Crippen molar-refractivity contribution in [3.63, 3.8) is 0 Å².